The summed E-state index contributed by atoms with van der Waals surface area (Å²) < 4.78 is 0. The molecule has 0 radical (unpaired) electrons. The minimum atomic E-state index is 0.255. The van der Waals surface area contributed by atoms with Crippen molar-refractivity contribution < 1.29 is 5.11 Å². The van der Waals surface area contributed by atoms with Gasteiger partial charge in [-0.05, 0) is 26.0 Å². The molecule has 2 rings (SSSR count). The Hall–Kier alpha value is -0.900. The van der Waals surface area contributed by atoms with Crippen LogP contribution in [0, 0.1) is 6.92 Å². The van der Waals surface area contributed by atoms with Gasteiger partial charge in [-0.2, -0.15) is 0 Å². The average molecular weight is 248 g/mol. The molecule has 3 heteroatoms. The third-order valence-electron chi connectivity index (χ3n) is 3.85. The van der Waals surface area contributed by atoms with Crippen molar-refractivity contribution in [3.63, 3.8) is 0 Å². The molecule has 0 bridgehead atoms. The van der Waals surface area contributed by atoms with Crippen molar-refractivity contribution in [1.29, 1.82) is 0 Å². The summed E-state index contributed by atoms with van der Waals surface area (Å²) in [5.41, 5.74) is 2.71. The molecule has 1 fully saturated rings. The summed E-state index contributed by atoms with van der Waals surface area (Å²) in [4.78, 5) is 4.78. The SMILES string of the molecule is Cc1ccc(CN2CCC(N(C)CCO)C2)cc1. The van der Waals surface area contributed by atoms with Crippen LogP contribution >= 0.6 is 0 Å². The fourth-order valence-corrected chi connectivity index (χ4v) is 2.61. The van der Waals surface area contributed by atoms with Gasteiger partial charge in [-0.1, -0.05) is 29.8 Å². The highest BCUT2D eigenvalue weighted by Crippen LogP contribution is 2.17. The lowest BCUT2D eigenvalue weighted by Gasteiger charge is -2.23. The number of hydrogen-bond acceptors (Lipinski definition) is 3. The Morgan fingerprint density at radius 3 is 2.72 bits per heavy atom. The second-order valence-electron chi connectivity index (χ2n) is 5.37. The molecule has 1 heterocycles. The van der Waals surface area contributed by atoms with Crippen LogP contribution in [0.15, 0.2) is 24.3 Å². The highest BCUT2D eigenvalue weighted by Gasteiger charge is 2.25. The van der Waals surface area contributed by atoms with E-state index in [9.17, 15) is 0 Å². The van der Waals surface area contributed by atoms with Crippen LogP contribution in [-0.4, -0.2) is 54.2 Å². The van der Waals surface area contributed by atoms with E-state index >= 15 is 0 Å². The van der Waals surface area contributed by atoms with Gasteiger partial charge in [0.15, 0.2) is 0 Å². The van der Waals surface area contributed by atoms with Crippen molar-refractivity contribution in [3.8, 4) is 0 Å². The van der Waals surface area contributed by atoms with Crippen molar-refractivity contribution in [2.45, 2.75) is 25.9 Å². The Morgan fingerprint density at radius 2 is 2.06 bits per heavy atom. The van der Waals surface area contributed by atoms with E-state index in [1.54, 1.807) is 0 Å². The van der Waals surface area contributed by atoms with E-state index in [0.29, 0.717) is 6.04 Å². The Bertz CT molecular complexity index is 363. The van der Waals surface area contributed by atoms with E-state index in [1.807, 2.05) is 0 Å². The number of nitrogens with zero attached hydrogens (tertiary/aromatic N) is 2. The van der Waals surface area contributed by atoms with Crippen LogP contribution in [0.1, 0.15) is 17.5 Å². The number of hydrogen-bond donors (Lipinski definition) is 1. The molecule has 1 aliphatic heterocycles. The van der Waals surface area contributed by atoms with Crippen molar-refractivity contribution in [1.82, 2.24) is 9.80 Å². The molecule has 0 saturated carbocycles. The summed E-state index contributed by atoms with van der Waals surface area (Å²) in [5, 5.41) is 8.97. The van der Waals surface area contributed by atoms with Gasteiger partial charge in [0.2, 0.25) is 0 Å². The first-order valence-corrected chi connectivity index (χ1v) is 6.78. The van der Waals surface area contributed by atoms with Crippen LogP contribution in [0.3, 0.4) is 0 Å². The number of aliphatic hydroxyl groups is 1. The summed E-state index contributed by atoms with van der Waals surface area (Å²) in [6, 6.07) is 9.41. The number of likely N-dealkylation sites (N-methyl/N-ethyl adjacent to an activating group) is 1. The normalized spacial score (nSPS) is 20.8. The van der Waals surface area contributed by atoms with Crippen LogP contribution in [0.4, 0.5) is 0 Å². The zero-order valence-electron chi connectivity index (χ0n) is 11.5. The van der Waals surface area contributed by atoms with Gasteiger partial charge >= 0.3 is 0 Å². The van der Waals surface area contributed by atoms with Gasteiger partial charge in [-0.25, -0.2) is 0 Å². The average Bonchev–Trinajstić information content (AvgIpc) is 2.81. The zero-order valence-corrected chi connectivity index (χ0v) is 11.5. The molecular formula is C15H24N2O. The van der Waals surface area contributed by atoms with Crippen LogP contribution in [0.2, 0.25) is 0 Å². The molecule has 100 valence electrons. The minimum absolute atomic E-state index is 0.255. The van der Waals surface area contributed by atoms with Crippen molar-refractivity contribution in [2.75, 3.05) is 33.3 Å². The Kier molecular flexibility index (Phi) is 4.75. The molecule has 3 nitrogen and oxygen atoms in total. The van der Waals surface area contributed by atoms with Gasteiger partial charge in [-0.3, -0.25) is 9.80 Å². The standard InChI is InChI=1S/C15H24N2O/c1-13-3-5-14(6-4-13)11-17-8-7-15(12-17)16(2)9-10-18/h3-6,15,18H,7-12H2,1-2H3. The van der Waals surface area contributed by atoms with Gasteiger partial charge < -0.3 is 5.11 Å². The number of likely N-dealkylation sites (tertiary alicyclic amines) is 1. The summed E-state index contributed by atoms with van der Waals surface area (Å²) in [6.45, 7) is 6.48. The minimum Gasteiger partial charge on any atom is -0.395 e. The zero-order chi connectivity index (χ0) is 13.0. The van der Waals surface area contributed by atoms with Crippen molar-refractivity contribution in [2.24, 2.45) is 0 Å². The number of rotatable bonds is 5. The predicted molar refractivity (Wildman–Crippen MR) is 74.6 cm³/mol. The summed E-state index contributed by atoms with van der Waals surface area (Å²) in [6.07, 6.45) is 1.21. The van der Waals surface area contributed by atoms with Crippen LogP contribution < -0.4 is 0 Å². The molecule has 1 aromatic rings. The highest BCUT2D eigenvalue weighted by atomic mass is 16.3. The molecule has 1 saturated heterocycles. The van der Waals surface area contributed by atoms with E-state index in [2.05, 4.69) is 48.0 Å². The summed E-state index contributed by atoms with van der Waals surface area (Å²) >= 11 is 0. The third kappa shape index (κ3) is 3.55. The molecular weight excluding hydrogens is 224 g/mol. The predicted octanol–water partition coefficient (Wildman–Crippen LogP) is 1.49. The highest BCUT2D eigenvalue weighted by molar-refractivity contribution is 5.21. The Morgan fingerprint density at radius 1 is 1.33 bits per heavy atom. The summed E-state index contributed by atoms with van der Waals surface area (Å²) in [7, 11) is 2.11. The van der Waals surface area contributed by atoms with Crippen molar-refractivity contribution in [3.05, 3.63) is 35.4 Å². The molecule has 0 aliphatic carbocycles. The molecule has 1 unspecified atom stereocenters. The second kappa shape index (κ2) is 6.32. The van der Waals surface area contributed by atoms with E-state index in [0.717, 1.165) is 26.2 Å². The molecule has 18 heavy (non-hydrogen) atoms. The van der Waals surface area contributed by atoms with E-state index in [4.69, 9.17) is 5.11 Å². The maximum absolute atomic E-state index is 8.97. The van der Waals surface area contributed by atoms with Crippen molar-refractivity contribution >= 4 is 0 Å². The van der Waals surface area contributed by atoms with Gasteiger partial charge in [0, 0.05) is 32.2 Å². The molecule has 0 amide bonds. The maximum Gasteiger partial charge on any atom is 0.0558 e. The van der Waals surface area contributed by atoms with E-state index in [1.165, 1.54) is 17.5 Å². The first kappa shape index (κ1) is 13.5. The number of aryl methyl sites for hydroxylation is 1. The monoisotopic (exact) mass is 248 g/mol. The summed E-state index contributed by atoms with van der Waals surface area (Å²) in [5.74, 6) is 0. The molecule has 1 aromatic carbocycles. The lowest BCUT2D eigenvalue weighted by Crippen LogP contribution is -2.36. The molecule has 1 aliphatic rings. The fourth-order valence-electron chi connectivity index (χ4n) is 2.61. The first-order chi connectivity index (χ1) is 8.69. The van der Waals surface area contributed by atoms with Crippen LogP contribution in [0.25, 0.3) is 0 Å². The van der Waals surface area contributed by atoms with E-state index < -0.39 is 0 Å². The third-order valence-corrected chi connectivity index (χ3v) is 3.85. The molecule has 0 spiro atoms. The van der Waals surface area contributed by atoms with Gasteiger partial charge in [0.25, 0.3) is 0 Å². The molecule has 1 atom stereocenters. The second-order valence-corrected chi connectivity index (χ2v) is 5.37. The van der Waals surface area contributed by atoms with Crippen LogP contribution in [0.5, 0.6) is 0 Å². The largest absolute Gasteiger partial charge is 0.395 e. The van der Waals surface area contributed by atoms with Crippen LogP contribution in [-0.2, 0) is 6.54 Å². The molecule has 0 aromatic heterocycles. The Balaban J connectivity index is 1.84. The fraction of sp³-hybridized carbons (Fsp3) is 0.600. The molecule has 1 N–H and O–H groups in total. The number of aliphatic hydroxyl groups excluding tert-OH is 1. The number of benzene rings is 1. The first-order valence-electron chi connectivity index (χ1n) is 6.78. The Labute approximate surface area is 110 Å². The van der Waals surface area contributed by atoms with Gasteiger partial charge in [-0.15, -0.1) is 0 Å². The van der Waals surface area contributed by atoms with Gasteiger partial charge in [0.05, 0.1) is 6.61 Å². The lowest BCUT2D eigenvalue weighted by molar-refractivity contribution is 0.177. The van der Waals surface area contributed by atoms with E-state index in [-0.39, 0.29) is 6.61 Å². The van der Waals surface area contributed by atoms with Gasteiger partial charge in [0.1, 0.15) is 0 Å². The smallest absolute Gasteiger partial charge is 0.0558 e. The quantitative estimate of drug-likeness (QED) is 0.855. The maximum atomic E-state index is 8.97. The topological polar surface area (TPSA) is 26.7 Å². The lowest BCUT2D eigenvalue weighted by atomic mass is 10.1.